The summed E-state index contributed by atoms with van der Waals surface area (Å²) in [7, 11) is 0. The highest BCUT2D eigenvalue weighted by Crippen LogP contribution is 2.56. The van der Waals surface area contributed by atoms with Gasteiger partial charge in [0.2, 0.25) is 0 Å². The summed E-state index contributed by atoms with van der Waals surface area (Å²) in [5.41, 5.74) is -1.06. The van der Waals surface area contributed by atoms with E-state index in [1.807, 2.05) is 0 Å². The highest BCUT2D eigenvalue weighted by atomic mass is 19.4. The van der Waals surface area contributed by atoms with Crippen molar-refractivity contribution in [2.45, 2.75) is 24.9 Å². The fourth-order valence-corrected chi connectivity index (χ4v) is 3.09. The summed E-state index contributed by atoms with van der Waals surface area (Å²) in [5, 5.41) is 9.20. The number of aromatic nitrogens is 1. The summed E-state index contributed by atoms with van der Waals surface area (Å²) in [6, 6.07) is 2.31. The zero-order valence-electron chi connectivity index (χ0n) is 12.6. The molecule has 0 amide bonds. The van der Waals surface area contributed by atoms with Crippen LogP contribution in [0.1, 0.15) is 24.6 Å². The second-order valence-corrected chi connectivity index (χ2v) is 6.18. The van der Waals surface area contributed by atoms with Gasteiger partial charge in [-0.2, -0.15) is 13.2 Å². The Morgan fingerprint density at radius 1 is 1.39 bits per heavy atom. The molecular weight excluding hydrogens is 313 g/mol. The smallest absolute Gasteiger partial charge is 0.433 e. The van der Waals surface area contributed by atoms with E-state index in [1.165, 1.54) is 6.07 Å². The number of ether oxygens (including phenoxy) is 1. The largest absolute Gasteiger partial charge is 0.481 e. The van der Waals surface area contributed by atoms with Crippen LogP contribution in [-0.2, 0) is 21.1 Å². The molecule has 3 rings (SSSR count). The minimum Gasteiger partial charge on any atom is -0.481 e. The first kappa shape index (κ1) is 16.0. The lowest BCUT2D eigenvalue weighted by molar-refractivity contribution is -0.141. The monoisotopic (exact) mass is 330 g/mol. The number of aliphatic carboxylic acids is 1. The molecule has 1 saturated heterocycles. The van der Waals surface area contributed by atoms with Crippen LogP contribution in [0.5, 0.6) is 0 Å². The van der Waals surface area contributed by atoms with Gasteiger partial charge in [-0.15, -0.1) is 0 Å². The molecule has 5 nitrogen and oxygen atoms in total. The molecule has 1 N–H and O–H groups in total. The molecule has 0 bridgehead atoms. The van der Waals surface area contributed by atoms with Gasteiger partial charge in [-0.05, 0) is 12.5 Å². The number of alkyl halides is 3. The van der Waals surface area contributed by atoms with Crippen molar-refractivity contribution in [2.24, 2.45) is 5.92 Å². The van der Waals surface area contributed by atoms with Crippen molar-refractivity contribution in [1.82, 2.24) is 4.98 Å². The third kappa shape index (κ3) is 2.87. The number of anilines is 1. The summed E-state index contributed by atoms with van der Waals surface area (Å²) in [6.45, 7) is 3.47. The van der Waals surface area contributed by atoms with Gasteiger partial charge in [-0.3, -0.25) is 4.79 Å². The van der Waals surface area contributed by atoms with E-state index in [0.29, 0.717) is 38.3 Å². The van der Waals surface area contributed by atoms with Crippen molar-refractivity contribution < 1.29 is 27.8 Å². The Morgan fingerprint density at radius 3 is 2.57 bits per heavy atom. The summed E-state index contributed by atoms with van der Waals surface area (Å²) in [5.74, 6) is -1.28. The van der Waals surface area contributed by atoms with E-state index >= 15 is 0 Å². The van der Waals surface area contributed by atoms with Gasteiger partial charge in [-0.1, -0.05) is 13.0 Å². The van der Waals surface area contributed by atoms with E-state index in [4.69, 9.17) is 4.74 Å². The number of carboxylic acids is 1. The minimum atomic E-state index is -4.53. The van der Waals surface area contributed by atoms with E-state index in [1.54, 1.807) is 11.8 Å². The topological polar surface area (TPSA) is 62.7 Å². The van der Waals surface area contributed by atoms with Crippen molar-refractivity contribution in [3.8, 4) is 0 Å². The number of hydrogen-bond donors (Lipinski definition) is 1. The molecule has 1 saturated carbocycles. The number of morpholine rings is 1. The molecule has 2 heterocycles. The van der Waals surface area contributed by atoms with Crippen LogP contribution in [-0.4, -0.2) is 42.4 Å². The SMILES string of the molecule is CC1(c2ccc(C(F)(F)F)nc2N2CCOCC2)CC1C(=O)O. The van der Waals surface area contributed by atoms with Crippen LogP contribution in [0.15, 0.2) is 12.1 Å². The summed E-state index contributed by atoms with van der Waals surface area (Å²) >= 11 is 0. The molecule has 1 aliphatic heterocycles. The van der Waals surface area contributed by atoms with Crippen LogP contribution in [0, 0.1) is 5.92 Å². The van der Waals surface area contributed by atoms with Gasteiger partial charge in [0.05, 0.1) is 19.1 Å². The molecule has 2 aliphatic rings. The highest BCUT2D eigenvalue weighted by Gasteiger charge is 2.57. The fraction of sp³-hybridized carbons (Fsp3) is 0.600. The minimum absolute atomic E-state index is 0.231. The standard InChI is InChI=1S/C15H17F3N2O3/c1-14(8-10(14)13(21)22)9-2-3-11(15(16,17)18)19-12(9)20-4-6-23-7-5-20/h2-3,10H,4-8H2,1H3,(H,21,22). The van der Waals surface area contributed by atoms with Crippen LogP contribution >= 0.6 is 0 Å². The number of nitrogens with zero attached hydrogens (tertiary/aromatic N) is 2. The lowest BCUT2D eigenvalue weighted by Gasteiger charge is -2.31. The lowest BCUT2D eigenvalue weighted by Crippen LogP contribution is -2.38. The molecule has 0 radical (unpaired) electrons. The second kappa shape index (κ2) is 5.36. The molecule has 23 heavy (non-hydrogen) atoms. The predicted molar refractivity (Wildman–Crippen MR) is 75.4 cm³/mol. The quantitative estimate of drug-likeness (QED) is 0.921. The maximum atomic E-state index is 13.0. The molecule has 2 unspecified atom stereocenters. The van der Waals surface area contributed by atoms with Crippen LogP contribution in [0.4, 0.5) is 19.0 Å². The van der Waals surface area contributed by atoms with Crippen molar-refractivity contribution in [1.29, 1.82) is 0 Å². The van der Waals surface area contributed by atoms with Crippen molar-refractivity contribution in [3.05, 3.63) is 23.4 Å². The molecule has 0 spiro atoms. The first-order valence-electron chi connectivity index (χ1n) is 7.38. The maximum Gasteiger partial charge on any atom is 0.433 e. The third-order valence-electron chi connectivity index (χ3n) is 4.63. The Labute approximate surface area is 131 Å². The van der Waals surface area contributed by atoms with Crippen LogP contribution in [0.25, 0.3) is 0 Å². The van der Waals surface area contributed by atoms with Gasteiger partial charge in [0.1, 0.15) is 11.5 Å². The van der Waals surface area contributed by atoms with Crippen LogP contribution in [0.2, 0.25) is 0 Å². The van der Waals surface area contributed by atoms with Gasteiger partial charge in [0.25, 0.3) is 0 Å². The Morgan fingerprint density at radius 2 is 2.04 bits per heavy atom. The molecular formula is C15H17F3N2O3. The average Bonchev–Trinajstić information content (AvgIpc) is 3.20. The van der Waals surface area contributed by atoms with Gasteiger partial charge in [0, 0.05) is 24.1 Å². The number of halogens is 3. The Balaban J connectivity index is 2.03. The first-order valence-corrected chi connectivity index (χ1v) is 7.38. The van der Waals surface area contributed by atoms with Crippen molar-refractivity contribution >= 4 is 11.8 Å². The van der Waals surface area contributed by atoms with Crippen LogP contribution in [0.3, 0.4) is 0 Å². The molecule has 1 aromatic heterocycles. The van der Waals surface area contributed by atoms with E-state index in [9.17, 15) is 23.1 Å². The molecule has 126 valence electrons. The van der Waals surface area contributed by atoms with E-state index in [-0.39, 0.29) is 5.82 Å². The Kier molecular flexibility index (Phi) is 3.74. The predicted octanol–water partition coefficient (Wildman–Crippen LogP) is 2.30. The number of carbonyl (C=O) groups is 1. The average molecular weight is 330 g/mol. The number of carboxylic acid groups (broad SMARTS) is 1. The summed E-state index contributed by atoms with van der Waals surface area (Å²) in [4.78, 5) is 16.8. The second-order valence-electron chi connectivity index (χ2n) is 6.18. The van der Waals surface area contributed by atoms with Gasteiger partial charge in [0.15, 0.2) is 0 Å². The van der Waals surface area contributed by atoms with E-state index < -0.39 is 29.2 Å². The molecule has 2 atom stereocenters. The lowest BCUT2D eigenvalue weighted by atomic mass is 9.95. The number of pyridine rings is 1. The van der Waals surface area contributed by atoms with Gasteiger partial charge < -0.3 is 14.7 Å². The molecule has 8 heteroatoms. The maximum absolute atomic E-state index is 13.0. The first-order chi connectivity index (χ1) is 10.7. The zero-order chi connectivity index (χ0) is 16.8. The normalized spacial score (nSPS) is 27.8. The fourth-order valence-electron chi connectivity index (χ4n) is 3.09. The number of hydrogen-bond acceptors (Lipinski definition) is 4. The molecule has 1 aliphatic carbocycles. The number of rotatable bonds is 3. The summed E-state index contributed by atoms with van der Waals surface area (Å²) in [6.07, 6.45) is -4.12. The Bertz CT molecular complexity index is 629. The third-order valence-corrected chi connectivity index (χ3v) is 4.63. The van der Waals surface area contributed by atoms with Gasteiger partial charge in [-0.25, -0.2) is 4.98 Å². The Hall–Kier alpha value is -1.83. The van der Waals surface area contributed by atoms with Gasteiger partial charge >= 0.3 is 12.1 Å². The van der Waals surface area contributed by atoms with E-state index in [2.05, 4.69) is 4.98 Å². The molecule has 0 aromatic carbocycles. The molecule has 2 fully saturated rings. The molecule has 1 aromatic rings. The van der Waals surface area contributed by atoms with E-state index in [0.717, 1.165) is 6.07 Å². The van der Waals surface area contributed by atoms with Crippen molar-refractivity contribution in [3.63, 3.8) is 0 Å². The van der Waals surface area contributed by atoms with Crippen LogP contribution < -0.4 is 4.90 Å². The summed E-state index contributed by atoms with van der Waals surface area (Å²) < 4.78 is 44.2. The highest BCUT2D eigenvalue weighted by molar-refractivity contribution is 5.78. The van der Waals surface area contributed by atoms with Crippen molar-refractivity contribution in [2.75, 3.05) is 31.2 Å². The zero-order valence-corrected chi connectivity index (χ0v) is 12.6.